The van der Waals surface area contributed by atoms with Gasteiger partial charge in [-0.15, -0.1) is 0 Å². The van der Waals surface area contributed by atoms with Gasteiger partial charge in [0.15, 0.2) is 17.1 Å². The number of nitrogens with one attached hydrogen (secondary N) is 1. The van der Waals surface area contributed by atoms with Crippen LogP contribution in [0.1, 0.15) is 29.1 Å². The van der Waals surface area contributed by atoms with Crippen LogP contribution in [-0.2, 0) is 0 Å². The lowest BCUT2D eigenvalue weighted by molar-refractivity contribution is 0.0914. The predicted octanol–water partition coefficient (Wildman–Crippen LogP) is 4.07. The number of hydrogen-bond donors (Lipinski definition) is 1. The van der Waals surface area contributed by atoms with Crippen LogP contribution in [0.5, 0.6) is 5.75 Å². The van der Waals surface area contributed by atoms with E-state index in [0.717, 1.165) is 10.9 Å². The van der Waals surface area contributed by atoms with Crippen molar-refractivity contribution in [2.45, 2.75) is 13.0 Å². The molecule has 1 amide bonds. The fraction of sp³-hybridized carbons (Fsp3) is 0.167. The Morgan fingerprint density at radius 2 is 1.96 bits per heavy atom. The molecule has 0 saturated carbocycles. The van der Waals surface area contributed by atoms with Crippen molar-refractivity contribution in [2.24, 2.45) is 0 Å². The van der Waals surface area contributed by atoms with Gasteiger partial charge in [0.05, 0.1) is 13.2 Å². The van der Waals surface area contributed by atoms with Crippen molar-refractivity contribution in [1.82, 2.24) is 5.32 Å². The van der Waals surface area contributed by atoms with Crippen LogP contribution in [0.4, 0.5) is 4.39 Å². The average Bonchev–Trinajstić information content (AvgIpc) is 2.99. The number of para-hydroxylation sites is 1. The summed E-state index contributed by atoms with van der Waals surface area (Å²) in [6.07, 6.45) is 0. The number of halogens is 1. The second-order valence-electron chi connectivity index (χ2n) is 5.24. The summed E-state index contributed by atoms with van der Waals surface area (Å²) in [7, 11) is 1.55. The Kier molecular flexibility index (Phi) is 4.02. The Morgan fingerprint density at radius 1 is 1.22 bits per heavy atom. The van der Waals surface area contributed by atoms with Crippen molar-refractivity contribution < 1.29 is 18.3 Å². The molecule has 0 aliphatic rings. The summed E-state index contributed by atoms with van der Waals surface area (Å²) in [5, 5.41) is 3.63. The van der Waals surface area contributed by atoms with E-state index in [9.17, 15) is 9.18 Å². The molecule has 0 aliphatic carbocycles. The molecule has 0 radical (unpaired) electrons. The quantitative estimate of drug-likeness (QED) is 0.790. The molecule has 0 bridgehead atoms. The number of methoxy groups -OCH3 is 1. The molecule has 0 unspecified atom stereocenters. The highest BCUT2D eigenvalue weighted by Crippen LogP contribution is 2.28. The van der Waals surface area contributed by atoms with Gasteiger partial charge in [0.1, 0.15) is 5.82 Å². The van der Waals surface area contributed by atoms with Crippen LogP contribution in [0, 0.1) is 5.82 Å². The monoisotopic (exact) mass is 313 g/mol. The minimum Gasteiger partial charge on any atom is -0.493 e. The maximum Gasteiger partial charge on any atom is 0.287 e. The van der Waals surface area contributed by atoms with Crippen molar-refractivity contribution in [1.29, 1.82) is 0 Å². The Balaban J connectivity index is 1.81. The first-order valence-corrected chi connectivity index (χ1v) is 7.21. The summed E-state index contributed by atoms with van der Waals surface area (Å²) in [5.41, 5.74) is 1.35. The molecule has 1 atom stereocenters. The smallest absolute Gasteiger partial charge is 0.287 e. The second kappa shape index (κ2) is 6.12. The first kappa shape index (κ1) is 15.1. The fourth-order valence-corrected chi connectivity index (χ4v) is 2.41. The minimum atomic E-state index is -0.333. The van der Waals surface area contributed by atoms with Gasteiger partial charge in [0, 0.05) is 5.39 Å². The maximum absolute atomic E-state index is 13.0. The number of carbonyl (C=O) groups is 1. The molecule has 1 heterocycles. The molecule has 5 heteroatoms. The topological polar surface area (TPSA) is 51.5 Å². The summed E-state index contributed by atoms with van der Waals surface area (Å²) in [6, 6.07) is 12.9. The molecule has 0 aliphatic heterocycles. The third-order valence-corrected chi connectivity index (χ3v) is 3.67. The summed E-state index contributed by atoms with van der Waals surface area (Å²) in [6.45, 7) is 1.83. The van der Waals surface area contributed by atoms with Crippen molar-refractivity contribution in [3.63, 3.8) is 0 Å². The van der Waals surface area contributed by atoms with Crippen molar-refractivity contribution in [3.8, 4) is 5.75 Å². The molecule has 0 fully saturated rings. The molecule has 1 aromatic heterocycles. The van der Waals surface area contributed by atoms with Crippen LogP contribution in [0.3, 0.4) is 0 Å². The van der Waals surface area contributed by atoms with Gasteiger partial charge in [0.2, 0.25) is 0 Å². The van der Waals surface area contributed by atoms with Gasteiger partial charge >= 0.3 is 0 Å². The summed E-state index contributed by atoms with van der Waals surface area (Å²) in [4.78, 5) is 12.3. The van der Waals surface area contributed by atoms with Gasteiger partial charge in [0.25, 0.3) is 5.91 Å². The van der Waals surface area contributed by atoms with E-state index in [4.69, 9.17) is 9.15 Å². The van der Waals surface area contributed by atoms with E-state index in [0.29, 0.717) is 11.3 Å². The number of furan rings is 1. The lowest BCUT2D eigenvalue weighted by Crippen LogP contribution is -2.26. The lowest BCUT2D eigenvalue weighted by atomic mass is 10.1. The molecule has 2 aromatic carbocycles. The van der Waals surface area contributed by atoms with Gasteiger partial charge in [-0.2, -0.15) is 0 Å². The molecule has 4 nitrogen and oxygen atoms in total. The first-order chi connectivity index (χ1) is 11.1. The van der Waals surface area contributed by atoms with Crippen molar-refractivity contribution in [3.05, 3.63) is 65.7 Å². The molecule has 0 saturated heterocycles. The molecule has 3 aromatic rings. The van der Waals surface area contributed by atoms with Crippen molar-refractivity contribution >= 4 is 16.9 Å². The standard InChI is InChI=1S/C18H16FNO3/c1-11(12-6-8-14(19)9-7-12)20-18(21)16-10-13-4-3-5-15(22-2)17(13)23-16/h3-11H,1-2H3,(H,20,21)/t11-/m1/s1. The average molecular weight is 313 g/mol. The largest absolute Gasteiger partial charge is 0.493 e. The van der Waals surface area contributed by atoms with E-state index < -0.39 is 0 Å². The SMILES string of the molecule is COc1cccc2cc(C(=O)N[C@H](C)c3ccc(F)cc3)oc12. The zero-order valence-corrected chi connectivity index (χ0v) is 12.8. The first-order valence-electron chi connectivity index (χ1n) is 7.21. The van der Waals surface area contributed by atoms with E-state index in [1.54, 1.807) is 31.4 Å². The van der Waals surface area contributed by atoms with Gasteiger partial charge in [-0.25, -0.2) is 4.39 Å². The van der Waals surface area contributed by atoms with E-state index in [1.165, 1.54) is 12.1 Å². The molecule has 3 rings (SSSR count). The van der Waals surface area contributed by atoms with Crippen LogP contribution in [-0.4, -0.2) is 13.0 Å². The number of amides is 1. The van der Waals surface area contributed by atoms with Gasteiger partial charge in [-0.1, -0.05) is 24.3 Å². The third-order valence-electron chi connectivity index (χ3n) is 3.67. The van der Waals surface area contributed by atoms with Crippen LogP contribution in [0.25, 0.3) is 11.0 Å². The predicted molar refractivity (Wildman–Crippen MR) is 85.0 cm³/mol. The third kappa shape index (κ3) is 3.04. The van der Waals surface area contributed by atoms with Crippen LogP contribution in [0.15, 0.2) is 52.9 Å². The Labute approximate surface area is 132 Å². The molecule has 23 heavy (non-hydrogen) atoms. The number of ether oxygens (including phenoxy) is 1. The van der Waals surface area contributed by atoms with E-state index in [-0.39, 0.29) is 23.5 Å². The van der Waals surface area contributed by atoms with E-state index >= 15 is 0 Å². The number of rotatable bonds is 4. The van der Waals surface area contributed by atoms with E-state index in [1.807, 2.05) is 19.1 Å². The Hall–Kier alpha value is -2.82. The van der Waals surface area contributed by atoms with Gasteiger partial charge < -0.3 is 14.5 Å². The molecule has 1 N–H and O–H groups in total. The number of fused-ring (bicyclic) bond motifs is 1. The fourth-order valence-electron chi connectivity index (χ4n) is 2.41. The second-order valence-corrected chi connectivity index (χ2v) is 5.24. The highest BCUT2D eigenvalue weighted by Gasteiger charge is 2.17. The molecule has 0 spiro atoms. The van der Waals surface area contributed by atoms with Gasteiger partial charge in [-0.3, -0.25) is 4.79 Å². The zero-order chi connectivity index (χ0) is 16.4. The van der Waals surface area contributed by atoms with Gasteiger partial charge in [-0.05, 0) is 36.8 Å². The summed E-state index contributed by atoms with van der Waals surface area (Å²) in [5.74, 6) is 0.142. The minimum absolute atomic E-state index is 0.207. The molecule has 118 valence electrons. The Morgan fingerprint density at radius 3 is 2.65 bits per heavy atom. The highest BCUT2D eigenvalue weighted by atomic mass is 19.1. The highest BCUT2D eigenvalue weighted by molar-refractivity contribution is 5.97. The lowest BCUT2D eigenvalue weighted by Gasteiger charge is -2.13. The van der Waals surface area contributed by atoms with Crippen LogP contribution >= 0.6 is 0 Å². The summed E-state index contributed by atoms with van der Waals surface area (Å²) < 4.78 is 23.8. The van der Waals surface area contributed by atoms with Crippen LogP contribution < -0.4 is 10.1 Å². The van der Waals surface area contributed by atoms with Crippen molar-refractivity contribution in [2.75, 3.05) is 7.11 Å². The number of hydrogen-bond acceptors (Lipinski definition) is 3. The number of benzene rings is 2. The van der Waals surface area contributed by atoms with E-state index in [2.05, 4.69) is 5.32 Å². The molecular weight excluding hydrogens is 297 g/mol. The Bertz CT molecular complexity index is 839. The number of carbonyl (C=O) groups excluding carboxylic acids is 1. The zero-order valence-electron chi connectivity index (χ0n) is 12.8. The maximum atomic E-state index is 13.0. The normalized spacial score (nSPS) is 12.1. The summed E-state index contributed by atoms with van der Waals surface area (Å²) >= 11 is 0. The molecular formula is C18H16FNO3. The van der Waals surface area contributed by atoms with Crippen LogP contribution in [0.2, 0.25) is 0 Å².